The SMILES string of the molecule is CCCCC(CC)CNC(CC)c1cccc(F)c1. The molecule has 1 aromatic rings. The first-order valence-corrected chi connectivity index (χ1v) is 7.70. The first kappa shape index (κ1) is 16.2. The van der Waals surface area contributed by atoms with Crippen molar-refractivity contribution in [3.8, 4) is 0 Å². The highest BCUT2D eigenvalue weighted by Crippen LogP contribution is 2.19. The van der Waals surface area contributed by atoms with Crippen molar-refractivity contribution in [2.45, 2.75) is 58.9 Å². The molecule has 0 fully saturated rings. The van der Waals surface area contributed by atoms with Crippen molar-refractivity contribution >= 4 is 0 Å². The quantitative estimate of drug-likeness (QED) is 0.656. The second-order valence-corrected chi connectivity index (χ2v) is 5.34. The molecule has 0 radical (unpaired) electrons. The summed E-state index contributed by atoms with van der Waals surface area (Å²) >= 11 is 0. The maximum Gasteiger partial charge on any atom is 0.123 e. The number of hydrogen-bond donors (Lipinski definition) is 1. The average Bonchev–Trinajstić information content (AvgIpc) is 2.43. The molecule has 0 spiro atoms. The van der Waals surface area contributed by atoms with Crippen molar-refractivity contribution in [2.75, 3.05) is 6.54 Å². The van der Waals surface area contributed by atoms with Gasteiger partial charge in [-0.05, 0) is 43.0 Å². The van der Waals surface area contributed by atoms with Gasteiger partial charge in [0, 0.05) is 6.04 Å². The molecule has 19 heavy (non-hydrogen) atoms. The molecule has 0 heterocycles. The molecule has 0 saturated carbocycles. The summed E-state index contributed by atoms with van der Waals surface area (Å²) in [6.45, 7) is 7.67. The van der Waals surface area contributed by atoms with Crippen molar-refractivity contribution < 1.29 is 4.39 Å². The Labute approximate surface area is 117 Å². The minimum Gasteiger partial charge on any atom is -0.310 e. The molecule has 1 N–H and O–H groups in total. The number of nitrogens with one attached hydrogen (secondary N) is 1. The van der Waals surface area contributed by atoms with Crippen molar-refractivity contribution in [2.24, 2.45) is 5.92 Å². The van der Waals surface area contributed by atoms with E-state index >= 15 is 0 Å². The summed E-state index contributed by atoms with van der Waals surface area (Å²) in [5.41, 5.74) is 1.06. The molecular formula is C17H28FN. The van der Waals surface area contributed by atoms with Crippen LogP contribution in [-0.2, 0) is 0 Å². The first-order chi connectivity index (χ1) is 9.21. The van der Waals surface area contributed by atoms with Gasteiger partial charge in [-0.2, -0.15) is 0 Å². The lowest BCUT2D eigenvalue weighted by molar-refractivity contribution is 0.386. The summed E-state index contributed by atoms with van der Waals surface area (Å²) in [6, 6.07) is 7.23. The minimum absolute atomic E-state index is 0.143. The van der Waals surface area contributed by atoms with Gasteiger partial charge < -0.3 is 5.32 Å². The normalized spacial score (nSPS) is 14.3. The van der Waals surface area contributed by atoms with Crippen molar-refractivity contribution in [1.29, 1.82) is 0 Å². The molecule has 0 aliphatic rings. The highest BCUT2D eigenvalue weighted by Gasteiger charge is 2.12. The predicted octanol–water partition coefficient (Wildman–Crippen LogP) is 5.08. The van der Waals surface area contributed by atoms with E-state index in [9.17, 15) is 4.39 Å². The highest BCUT2D eigenvalue weighted by atomic mass is 19.1. The lowest BCUT2D eigenvalue weighted by atomic mass is 9.97. The molecule has 0 aliphatic heterocycles. The average molecular weight is 265 g/mol. The summed E-state index contributed by atoms with van der Waals surface area (Å²) in [5, 5.41) is 3.61. The largest absolute Gasteiger partial charge is 0.310 e. The summed E-state index contributed by atoms with van der Waals surface area (Å²) in [7, 11) is 0. The van der Waals surface area contributed by atoms with Crippen LogP contribution in [0.2, 0.25) is 0 Å². The van der Waals surface area contributed by atoms with Crippen LogP contribution in [0.5, 0.6) is 0 Å². The molecule has 0 aromatic heterocycles. The third kappa shape index (κ3) is 5.73. The van der Waals surface area contributed by atoms with E-state index in [1.54, 1.807) is 12.1 Å². The van der Waals surface area contributed by atoms with Crippen LogP contribution in [0.25, 0.3) is 0 Å². The topological polar surface area (TPSA) is 12.0 Å². The summed E-state index contributed by atoms with van der Waals surface area (Å²) in [4.78, 5) is 0. The molecule has 2 heteroatoms. The molecule has 0 bridgehead atoms. The lowest BCUT2D eigenvalue weighted by Gasteiger charge is -2.22. The lowest BCUT2D eigenvalue weighted by Crippen LogP contribution is -2.27. The first-order valence-electron chi connectivity index (χ1n) is 7.70. The molecule has 0 aliphatic carbocycles. The zero-order chi connectivity index (χ0) is 14.1. The summed E-state index contributed by atoms with van der Waals surface area (Å²) in [5.74, 6) is 0.596. The second-order valence-electron chi connectivity index (χ2n) is 5.34. The van der Waals surface area contributed by atoms with Crippen LogP contribution in [0.15, 0.2) is 24.3 Å². The smallest absolute Gasteiger partial charge is 0.123 e. The summed E-state index contributed by atoms with van der Waals surface area (Å²) in [6.07, 6.45) is 6.06. The number of benzene rings is 1. The monoisotopic (exact) mass is 265 g/mol. The molecule has 1 rings (SSSR count). The van der Waals surface area contributed by atoms with Crippen LogP contribution in [0.1, 0.15) is 64.5 Å². The van der Waals surface area contributed by atoms with Crippen LogP contribution in [-0.4, -0.2) is 6.54 Å². The predicted molar refractivity (Wildman–Crippen MR) is 80.7 cm³/mol. The van der Waals surface area contributed by atoms with E-state index in [1.807, 2.05) is 6.07 Å². The zero-order valence-corrected chi connectivity index (χ0v) is 12.6. The molecule has 108 valence electrons. The Kier molecular flexibility index (Phi) is 7.73. The van der Waals surface area contributed by atoms with E-state index in [0.29, 0.717) is 0 Å². The molecule has 2 atom stereocenters. The number of unbranched alkanes of at least 4 members (excludes halogenated alkanes) is 1. The highest BCUT2D eigenvalue weighted by molar-refractivity contribution is 5.20. The fraction of sp³-hybridized carbons (Fsp3) is 0.647. The Hall–Kier alpha value is -0.890. The van der Waals surface area contributed by atoms with Crippen molar-refractivity contribution in [1.82, 2.24) is 5.32 Å². The van der Waals surface area contributed by atoms with Gasteiger partial charge in [0.25, 0.3) is 0 Å². The molecule has 0 saturated heterocycles. The zero-order valence-electron chi connectivity index (χ0n) is 12.6. The van der Waals surface area contributed by atoms with Crippen molar-refractivity contribution in [3.05, 3.63) is 35.6 Å². The van der Waals surface area contributed by atoms with E-state index < -0.39 is 0 Å². The van der Waals surface area contributed by atoms with Crippen LogP contribution < -0.4 is 5.32 Å². The molecule has 2 unspecified atom stereocenters. The maximum absolute atomic E-state index is 13.3. The van der Waals surface area contributed by atoms with Gasteiger partial charge in [0.05, 0.1) is 0 Å². The fourth-order valence-electron chi connectivity index (χ4n) is 2.47. The van der Waals surface area contributed by atoms with E-state index in [0.717, 1.165) is 24.4 Å². The van der Waals surface area contributed by atoms with Crippen LogP contribution in [0.4, 0.5) is 4.39 Å². The molecule has 1 aromatic carbocycles. The van der Waals surface area contributed by atoms with Crippen LogP contribution >= 0.6 is 0 Å². The minimum atomic E-state index is -0.143. The van der Waals surface area contributed by atoms with E-state index in [1.165, 1.54) is 31.7 Å². The van der Waals surface area contributed by atoms with Gasteiger partial charge in [0.1, 0.15) is 5.82 Å². The van der Waals surface area contributed by atoms with E-state index in [-0.39, 0.29) is 11.9 Å². The standard InChI is InChI=1S/C17H28FN/c1-4-7-9-14(5-2)13-19-17(6-3)15-10-8-11-16(18)12-15/h8,10-12,14,17,19H,4-7,9,13H2,1-3H3. The Balaban J connectivity index is 2.52. The van der Waals surface area contributed by atoms with Gasteiger partial charge in [-0.3, -0.25) is 0 Å². The van der Waals surface area contributed by atoms with Gasteiger partial charge >= 0.3 is 0 Å². The van der Waals surface area contributed by atoms with Gasteiger partial charge in [0.2, 0.25) is 0 Å². The van der Waals surface area contributed by atoms with Crippen molar-refractivity contribution in [3.63, 3.8) is 0 Å². The van der Waals surface area contributed by atoms with Gasteiger partial charge in [-0.1, -0.05) is 52.2 Å². The summed E-state index contributed by atoms with van der Waals surface area (Å²) < 4.78 is 13.3. The Morgan fingerprint density at radius 3 is 2.53 bits per heavy atom. The molecule has 0 amide bonds. The molecule has 1 nitrogen and oxygen atoms in total. The maximum atomic E-state index is 13.3. The third-order valence-electron chi connectivity index (χ3n) is 3.86. The number of rotatable bonds is 9. The van der Waals surface area contributed by atoms with Gasteiger partial charge in [-0.25, -0.2) is 4.39 Å². The number of halogens is 1. The fourth-order valence-corrected chi connectivity index (χ4v) is 2.47. The Morgan fingerprint density at radius 2 is 1.95 bits per heavy atom. The Bertz CT molecular complexity index is 351. The number of hydrogen-bond acceptors (Lipinski definition) is 1. The second kappa shape index (κ2) is 9.08. The van der Waals surface area contributed by atoms with Crippen LogP contribution in [0, 0.1) is 11.7 Å². The Morgan fingerprint density at radius 1 is 1.16 bits per heavy atom. The van der Waals surface area contributed by atoms with Gasteiger partial charge in [-0.15, -0.1) is 0 Å². The molecular weight excluding hydrogens is 237 g/mol. The third-order valence-corrected chi connectivity index (χ3v) is 3.86. The van der Waals surface area contributed by atoms with E-state index in [2.05, 4.69) is 26.1 Å². The van der Waals surface area contributed by atoms with Gasteiger partial charge in [0.15, 0.2) is 0 Å². The van der Waals surface area contributed by atoms with Crippen LogP contribution in [0.3, 0.4) is 0 Å². The van der Waals surface area contributed by atoms with E-state index in [4.69, 9.17) is 0 Å².